The van der Waals surface area contributed by atoms with Crippen LogP contribution in [0.2, 0.25) is 0 Å². The maximum absolute atomic E-state index is 12.2. The second-order valence-electron chi connectivity index (χ2n) is 6.86. The summed E-state index contributed by atoms with van der Waals surface area (Å²) in [6.07, 6.45) is 6.00. The van der Waals surface area contributed by atoms with Gasteiger partial charge in [-0.1, -0.05) is 27.2 Å². The summed E-state index contributed by atoms with van der Waals surface area (Å²) in [4.78, 5) is 12.2. The smallest absolute Gasteiger partial charge is 0.223 e. The number of carbonyl (C=O) groups is 1. The minimum Gasteiger partial charge on any atom is -0.354 e. The third kappa shape index (κ3) is 3.05. The van der Waals surface area contributed by atoms with Gasteiger partial charge in [0.2, 0.25) is 5.91 Å². The zero-order valence-electron chi connectivity index (χ0n) is 12.1. The van der Waals surface area contributed by atoms with E-state index in [1.165, 1.54) is 25.7 Å². The van der Waals surface area contributed by atoms with Crippen molar-refractivity contribution < 1.29 is 4.79 Å². The number of piperidine rings is 1. The van der Waals surface area contributed by atoms with Gasteiger partial charge in [0.25, 0.3) is 0 Å². The van der Waals surface area contributed by atoms with Crippen LogP contribution in [0.3, 0.4) is 0 Å². The average Bonchev–Trinajstić information content (AvgIpc) is 2.73. The molecule has 0 bridgehead atoms. The topological polar surface area (TPSA) is 41.1 Å². The van der Waals surface area contributed by atoms with Crippen molar-refractivity contribution in [1.29, 1.82) is 0 Å². The Morgan fingerprint density at radius 1 is 1.33 bits per heavy atom. The van der Waals surface area contributed by atoms with Gasteiger partial charge in [-0.2, -0.15) is 0 Å². The predicted molar refractivity (Wildman–Crippen MR) is 74.3 cm³/mol. The molecule has 2 fully saturated rings. The number of nitrogens with one attached hydrogen (secondary N) is 2. The van der Waals surface area contributed by atoms with Crippen LogP contribution < -0.4 is 10.6 Å². The quantitative estimate of drug-likeness (QED) is 0.809. The standard InChI is InChI=1S/C15H28N2O/c1-11-6-4-7-12(11)14(18)17-10-13-15(2,3)8-5-9-16-13/h11-13,16H,4-10H2,1-3H3,(H,17,18). The Balaban J connectivity index is 1.81. The summed E-state index contributed by atoms with van der Waals surface area (Å²) in [6, 6.07) is 0.423. The Hall–Kier alpha value is -0.570. The molecule has 0 aromatic carbocycles. The van der Waals surface area contributed by atoms with E-state index in [0.29, 0.717) is 17.4 Å². The van der Waals surface area contributed by atoms with Crippen molar-refractivity contribution in [2.45, 2.75) is 58.9 Å². The summed E-state index contributed by atoms with van der Waals surface area (Å²) >= 11 is 0. The van der Waals surface area contributed by atoms with Crippen LogP contribution in [0.5, 0.6) is 0 Å². The zero-order chi connectivity index (χ0) is 13.2. The molecule has 0 spiro atoms. The second-order valence-corrected chi connectivity index (χ2v) is 6.86. The monoisotopic (exact) mass is 252 g/mol. The summed E-state index contributed by atoms with van der Waals surface area (Å²) in [5.74, 6) is 1.11. The lowest BCUT2D eigenvalue weighted by Crippen LogP contribution is -2.53. The molecule has 2 aliphatic rings. The summed E-state index contributed by atoms with van der Waals surface area (Å²) in [5.41, 5.74) is 0.298. The van der Waals surface area contributed by atoms with Crippen molar-refractivity contribution in [3.63, 3.8) is 0 Å². The summed E-state index contributed by atoms with van der Waals surface area (Å²) < 4.78 is 0. The molecule has 3 atom stereocenters. The van der Waals surface area contributed by atoms with E-state index in [1.54, 1.807) is 0 Å². The largest absolute Gasteiger partial charge is 0.354 e. The fraction of sp³-hybridized carbons (Fsp3) is 0.933. The van der Waals surface area contributed by atoms with E-state index in [2.05, 4.69) is 31.4 Å². The molecule has 1 aliphatic heterocycles. The lowest BCUT2D eigenvalue weighted by molar-refractivity contribution is -0.126. The maximum Gasteiger partial charge on any atom is 0.223 e. The molecule has 2 N–H and O–H groups in total. The third-order valence-corrected chi connectivity index (χ3v) is 5.01. The molecular weight excluding hydrogens is 224 g/mol. The minimum absolute atomic E-state index is 0.261. The average molecular weight is 252 g/mol. The molecule has 3 nitrogen and oxygen atoms in total. The van der Waals surface area contributed by atoms with Crippen LogP contribution >= 0.6 is 0 Å². The van der Waals surface area contributed by atoms with Crippen LogP contribution in [0.15, 0.2) is 0 Å². The van der Waals surface area contributed by atoms with Gasteiger partial charge in [-0.15, -0.1) is 0 Å². The van der Waals surface area contributed by atoms with E-state index >= 15 is 0 Å². The summed E-state index contributed by atoms with van der Waals surface area (Å²) in [5, 5.41) is 6.73. The number of carbonyl (C=O) groups excluding carboxylic acids is 1. The molecular formula is C15H28N2O. The molecule has 0 aromatic rings. The zero-order valence-corrected chi connectivity index (χ0v) is 12.1. The van der Waals surface area contributed by atoms with E-state index in [0.717, 1.165) is 19.5 Å². The van der Waals surface area contributed by atoms with Gasteiger partial charge in [0.05, 0.1) is 0 Å². The van der Waals surface area contributed by atoms with Gasteiger partial charge >= 0.3 is 0 Å². The minimum atomic E-state index is 0.261. The highest BCUT2D eigenvalue weighted by Crippen LogP contribution is 2.32. The molecule has 1 heterocycles. The Morgan fingerprint density at radius 2 is 2.11 bits per heavy atom. The van der Waals surface area contributed by atoms with Crippen LogP contribution in [-0.4, -0.2) is 25.0 Å². The highest BCUT2D eigenvalue weighted by molar-refractivity contribution is 5.79. The summed E-state index contributed by atoms with van der Waals surface area (Å²) in [7, 11) is 0. The van der Waals surface area contributed by atoms with Crippen molar-refractivity contribution in [2.75, 3.05) is 13.1 Å². The molecule has 1 saturated heterocycles. The van der Waals surface area contributed by atoms with Crippen molar-refractivity contribution in [1.82, 2.24) is 10.6 Å². The van der Waals surface area contributed by atoms with Gasteiger partial charge < -0.3 is 10.6 Å². The Labute approximate surface area is 111 Å². The van der Waals surface area contributed by atoms with E-state index in [9.17, 15) is 4.79 Å². The normalized spacial score (nSPS) is 35.4. The van der Waals surface area contributed by atoms with E-state index in [1.807, 2.05) is 0 Å². The Kier molecular flexibility index (Phi) is 4.31. The molecule has 0 radical (unpaired) electrons. The van der Waals surface area contributed by atoms with Crippen LogP contribution in [-0.2, 0) is 4.79 Å². The van der Waals surface area contributed by atoms with E-state index < -0.39 is 0 Å². The van der Waals surface area contributed by atoms with Crippen molar-refractivity contribution in [2.24, 2.45) is 17.3 Å². The number of hydrogen-bond donors (Lipinski definition) is 2. The highest BCUT2D eigenvalue weighted by Gasteiger charge is 2.34. The van der Waals surface area contributed by atoms with Crippen LogP contribution in [0, 0.1) is 17.3 Å². The van der Waals surface area contributed by atoms with Crippen LogP contribution in [0.1, 0.15) is 52.9 Å². The third-order valence-electron chi connectivity index (χ3n) is 5.01. The molecule has 3 heteroatoms. The molecule has 3 unspecified atom stereocenters. The lowest BCUT2D eigenvalue weighted by Gasteiger charge is -2.39. The highest BCUT2D eigenvalue weighted by atomic mass is 16.1. The number of hydrogen-bond acceptors (Lipinski definition) is 2. The van der Waals surface area contributed by atoms with Gasteiger partial charge in [-0.25, -0.2) is 0 Å². The summed E-state index contributed by atoms with van der Waals surface area (Å²) in [6.45, 7) is 8.68. The molecule has 1 amide bonds. The van der Waals surface area contributed by atoms with Crippen molar-refractivity contribution in [3.8, 4) is 0 Å². The van der Waals surface area contributed by atoms with Gasteiger partial charge in [0.15, 0.2) is 0 Å². The van der Waals surface area contributed by atoms with E-state index in [-0.39, 0.29) is 11.8 Å². The molecule has 18 heavy (non-hydrogen) atoms. The first kappa shape index (κ1) is 13.9. The molecule has 2 rings (SSSR count). The SMILES string of the molecule is CC1CCCC1C(=O)NCC1NCCCC1(C)C. The first-order valence-electron chi connectivity index (χ1n) is 7.52. The fourth-order valence-electron chi connectivity index (χ4n) is 3.49. The molecule has 1 aliphatic carbocycles. The van der Waals surface area contributed by atoms with Gasteiger partial charge in [-0.05, 0) is 43.6 Å². The number of amides is 1. The van der Waals surface area contributed by atoms with Crippen molar-refractivity contribution in [3.05, 3.63) is 0 Å². The van der Waals surface area contributed by atoms with E-state index in [4.69, 9.17) is 0 Å². The maximum atomic E-state index is 12.2. The predicted octanol–water partition coefficient (Wildman–Crippen LogP) is 2.32. The Morgan fingerprint density at radius 3 is 2.72 bits per heavy atom. The van der Waals surface area contributed by atoms with Crippen LogP contribution in [0.25, 0.3) is 0 Å². The van der Waals surface area contributed by atoms with Crippen molar-refractivity contribution >= 4 is 5.91 Å². The fourth-order valence-corrected chi connectivity index (χ4v) is 3.49. The van der Waals surface area contributed by atoms with Gasteiger partial charge in [0.1, 0.15) is 0 Å². The molecule has 1 saturated carbocycles. The van der Waals surface area contributed by atoms with Gasteiger partial charge in [-0.3, -0.25) is 4.79 Å². The first-order chi connectivity index (χ1) is 8.50. The number of rotatable bonds is 3. The molecule has 104 valence electrons. The first-order valence-corrected chi connectivity index (χ1v) is 7.52. The van der Waals surface area contributed by atoms with Gasteiger partial charge in [0, 0.05) is 18.5 Å². The second kappa shape index (κ2) is 5.60. The Bertz CT molecular complexity index is 301. The van der Waals surface area contributed by atoms with Crippen LogP contribution in [0.4, 0.5) is 0 Å². The lowest BCUT2D eigenvalue weighted by atomic mass is 9.77. The molecule has 0 aromatic heterocycles.